The Hall–Kier alpha value is -2.74. The number of rotatable bonds is 7. The molecule has 2 aromatic rings. The Morgan fingerprint density at radius 3 is 2.74 bits per heavy atom. The summed E-state index contributed by atoms with van der Waals surface area (Å²) in [5, 5.41) is 16.1. The van der Waals surface area contributed by atoms with Crippen molar-refractivity contribution in [2.75, 3.05) is 19.6 Å². The first kappa shape index (κ1) is 19.0. The highest BCUT2D eigenvalue weighted by Crippen LogP contribution is 2.23. The molecule has 0 fully saturated rings. The number of carboxylic acids is 1. The molecule has 0 radical (unpaired) electrons. The number of fused-ring (bicyclic) bond motifs is 1. The second-order valence-electron chi connectivity index (χ2n) is 6.68. The van der Waals surface area contributed by atoms with E-state index in [1.165, 1.54) is 17.7 Å². The number of amides is 1. The van der Waals surface area contributed by atoms with Crippen LogP contribution in [0.1, 0.15) is 28.9 Å². The molecule has 27 heavy (non-hydrogen) atoms. The van der Waals surface area contributed by atoms with Gasteiger partial charge in [0.25, 0.3) is 0 Å². The van der Waals surface area contributed by atoms with E-state index in [1.54, 1.807) is 17.0 Å². The predicted molar refractivity (Wildman–Crippen MR) is 96.7 cm³/mol. The second-order valence-corrected chi connectivity index (χ2v) is 6.68. The van der Waals surface area contributed by atoms with Crippen molar-refractivity contribution in [2.45, 2.75) is 32.9 Å². The number of hydrogen-bond donors (Lipinski definition) is 2. The molecule has 7 nitrogen and oxygen atoms in total. The van der Waals surface area contributed by atoms with Gasteiger partial charge in [0, 0.05) is 13.1 Å². The van der Waals surface area contributed by atoms with E-state index < -0.39 is 5.97 Å². The Balaban J connectivity index is 1.66. The van der Waals surface area contributed by atoms with Gasteiger partial charge in [-0.15, -0.1) is 0 Å². The second kappa shape index (κ2) is 8.30. The molecular weight excluding hydrogens is 351 g/mol. The quantitative estimate of drug-likeness (QED) is 0.714. The molecule has 1 amide bonds. The maximum Gasteiger partial charge on any atom is 0.304 e. The molecular formula is C19H23FN4O3. The smallest absolute Gasteiger partial charge is 0.304 e. The number of carboxylic acid groups (broad SMARTS) is 1. The summed E-state index contributed by atoms with van der Waals surface area (Å²) in [5.74, 6) is -1.22. The molecule has 1 aromatic carbocycles. The summed E-state index contributed by atoms with van der Waals surface area (Å²) in [4.78, 5) is 24.7. The van der Waals surface area contributed by atoms with Crippen molar-refractivity contribution >= 4 is 11.9 Å². The summed E-state index contributed by atoms with van der Waals surface area (Å²) in [6, 6.07) is 6.32. The highest BCUT2D eigenvalue weighted by molar-refractivity contribution is 5.78. The Bertz CT molecular complexity index is 832. The van der Waals surface area contributed by atoms with Gasteiger partial charge in [-0.3, -0.25) is 14.3 Å². The zero-order valence-corrected chi connectivity index (χ0v) is 15.2. The molecule has 2 N–H and O–H groups in total. The molecule has 0 bridgehead atoms. The van der Waals surface area contributed by atoms with E-state index in [2.05, 4.69) is 10.4 Å². The standard InChI is InChI=1S/C19H23FN4O3/c1-13-16-7-9-23(18(25)10-21-8-6-19(26)27)12-17(16)24(22-13)11-14-2-4-15(20)5-3-14/h2-5,21H,6-12H2,1H3,(H,26,27). The lowest BCUT2D eigenvalue weighted by Crippen LogP contribution is -2.42. The molecule has 1 aromatic heterocycles. The van der Waals surface area contributed by atoms with Crippen molar-refractivity contribution in [3.8, 4) is 0 Å². The van der Waals surface area contributed by atoms with Crippen LogP contribution in [0.15, 0.2) is 24.3 Å². The number of aryl methyl sites for hydroxylation is 1. The molecule has 0 atom stereocenters. The minimum absolute atomic E-state index is 0.0128. The lowest BCUT2D eigenvalue weighted by Gasteiger charge is -2.28. The van der Waals surface area contributed by atoms with Crippen LogP contribution in [0.25, 0.3) is 0 Å². The van der Waals surface area contributed by atoms with Crippen LogP contribution in [0.4, 0.5) is 4.39 Å². The van der Waals surface area contributed by atoms with Gasteiger partial charge in [0.2, 0.25) is 5.91 Å². The molecule has 0 spiro atoms. The zero-order valence-electron chi connectivity index (χ0n) is 15.2. The Morgan fingerprint density at radius 1 is 1.30 bits per heavy atom. The van der Waals surface area contributed by atoms with Crippen molar-refractivity contribution < 1.29 is 19.1 Å². The fourth-order valence-electron chi connectivity index (χ4n) is 3.28. The molecule has 3 rings (SSSR count). The van der Waals surface area contributed by atoms with Crippen molar-refractivity contribution in [2.24, 2.45) is 0 Å². The summed E-state index contributed by atoms with van der Waals surface area (Å²) >= 11 is 0. The molecule has 1 aliphatic rings. The molecule has 144 valence electrons. The maximum atomic E-state index is 13.1. The molecule has 0 saturated heterocycles. The van der Waals surface area contributed by atoms with Crippen LogP contribution >= 0.6 is 0 Å². The maximum absolute atomic E-state index is 13.1. The Labute approximate surface area is 156 Å². The first-order chi connectivity index (χ1) is 12.9. The van der Waals surface area contributed by atoms with Gasteiger partial charge in [-0.25, -0.2) is 4.39 Å². The number of halogens is 1. The predicted octanol–water partition coefficient (Wildman–Crippen LogP) is 1.33. The van der Waals surface area contributed by atoms with E-state index in [9.17, 15) is 14.0 Å². The van der Waals surface area contributed by atoms with E-state index >= 15 is 0 Å². The SMILES string of the molecule is Cc1nn(Cc2ccc(F)cc2)c2c1CCN(C(=O)CNCCC(=O)O)C2. The number of hydrogen-bond acceptors (Lipinski definition) is 4. The van der Waals surface area contributed by atoms with E-state index in [4.69, 9.17) is 5.11 Å². The third-order valence-electron chi connectivity index (χ3n) is 4.73. The van der Waals surface area contributed by atoms with Crippen LogP contribution in [-0.2, 0) is 29.1 Å². The van der Waals surface area contributed by atoms with E-state index in [-0.39, 0.29) is 31.2 Å². The molecule has 2 heterocycles. The largest absolute Gasteiger partial charge is 0.481 e. The normalized spacial score (nSPS) is 13.5. The van der Waals surface area contributed by atoms with Gasteiger partial charge < -0.3 is 15.3 Å². The molecule has 0 unspecified atom stereocenters. The van der Waals surface area contributed by atoms with Gasteiger partial charge in [0.05, 0.1) is 37.4 Å². The summed E-state index contributed by atoms with van der Waals surface area (Å²) in [6.07, 6.45) is 0.729. The fraction of sp³-hybridized carbons (Fsp3) is 0.421. The highest BCUT2D eigenvalue weighted by Gasteiger charge is 2.26. The van der Waals surface area contributed by atoms with Crippen LogP contribution in [0.3, 0.4) is 0 Å². The van der Waals surface area contributed by atoms with Gasteiger partial charge in [-0.2, -0.15) is 5.10 Å². The van der Waals surface area contributed by atoms with Crippen LogP contribution < -0.4 is 5.32 Å². The molecule has 1 aliphatic heterocycles. The van der Waals surface area contributed by atoms with Crippen molar-refractivity contribution in [3.63, 3.8) is 0 Å². The average Bonchev–Trinajstić information content (AvgIpc) is 2.95. The van der Waals surface area contributed by atoms with Gasteiger partial charge in [-0.05, 0) is 36.6 Å². The monoisotopic (exact) mass is 374 g/mol. The van der Waals surface area contributed by atoms with Crippen LogP contribution in [0.2, 0.25) is 0 Å². The van der Waals surface area contributed by atoms with Crippen LogP contribution in [-0.4, -0.2) is 51.3 Å². The fourth-order valence-corrected chi connectivity index (χ4v) is 3.28. The topological polar surface area (TPSA) is 87.5 Å². The number of aromatic nitrogens is 2. The van der Waals surface area contributed by atoms with Gasteiger partial charge in [0.15, 0.2) is 0 Å². The average molecular weight is 374 g/mol. The lowest BCUT2D eigenvalue weighted by molar-refractivity contribution is -0.137. The van der Waals surface area contributed by atoms with Crippen LogP contribution in [0, 0.1) is 12.7 Å². The van der Waals surface area contributed by atoms with E-state index in [1.807, 2.05) is 11.6 Å². The summed E-state index contributed by atoms with van der Waals surface area (Å²) in [7, 11) is 0. The first-order valence-electron chi connectivity index (χ1n) is 8.94. The summed E-state index contributed by atoms with van der Waals surface area (Å²) in [6.45, 7) is 3.96. The third kappa shape index (κ3) is 4.71. The summed E-state index contributed by atoms with van der Waals surface area (Å²) in [5.41, 5.74) is 4.07. The highest BCUT2D eigenvalue weighted by atomic mass is 19.1. The first-order valence-corrected chi connectivity index (χ1v) is 8.94. The van der Waals surface area contributed by atoms with Gasteiger partial charge >= 0.3 is 5.97 Å². The Kier molecular flexibility index (Phi) is 5.85. The number of benzene rings is 1. The van der Waals surface area contributed by atoms with Crippen molar-refractivity contribution in [3.05, 3.63) is 52.6 Å². The van der Waals surface area contributed by atoms with E-state index in [0.717, 1.165) is 23.4 Å². The number of carbonyl (C=O) groups excluding carboxylic acids is 1. The summed E-state index contributed by atoms with van der Waals surface area (Å²) < 4.78 is 15.0. The van der Waals surface area contributed by atoms with Crippen molar-refractivity contribution in [1.29, 1.82) is 0 Å². The number of aliphatic carboxylic acids is 1. The third-order valence-corrected chi connectivity index (χ3v) is 4.73. The minimum atomic E-state index is -0.891. The zero-order chi connectivity index (χ0) is 19.4. The minimum Gasteiger partial charge on any atom is -0.481 e. The van der Waals surface area contributed by atoms with Crippen molar-refractivity contribution in [1.82, 2.24) is 20.0 Å². The number of nitrogens with one attached hydrogen (secondary N) is 1. The lowest BCUT2D eigenvalue weighted by atomic mass is 10.0. The Morgan fingerprint density at radius 2 is 2.04 bits per heavy atom. The van der Waals surface area contributed by atoms with E-state index in [0.29, 0.717) is 19.6 Å². The molecule has 8 heteroatoms. The van der Waals surface area contributed by atoms with Gasteiger partial charge in [-0.1, -0.05) is 12.1 Å². The van der Waals surface area contributed by atoms with Gasteiger partial charge in [0.1, 0.15) is 5.82 Å². The molecule has 0 saturated carbocycles. The molecule has 0 aliphatic carbocycles. The number of carbonyl (C=O) groups is 2. The number of nitrogens with zero attached hydrogens (tertiary/aromatic N) is 3. The van der Waals surface area contributed by atoms with Crippen LogP contribution in [0.5, 0.6) is 0 Å².